The molecule has 0 bridgehead atoms. The molecule has 1 aliphatic heterocycles. The zero-order valence-corrected chi connectivity index (χ0v) is 14.6. The second kappa shape index (κ2) is 7.36. The Morgan fingerprint density at radius 2 is 2.08 bits per heavy atom. The number of rotatable bonds is 5. The fourth-order valence-corrected chi connectivity index (χ4v) is 3.32. The van der Waals surface area contributed by atoms with E-state index in [0.29, 0.717) is 12.2 Å². The minimum Gasteiger partial charge on any atom is -0.393 e. The summed E-state index contributed by atoms with van der Waals surface area (Å²) in [6.07, 6.45) is 2.52. The number of nitrogens with zero attached hydrogens (tertiary/aromatic N) is 1. The Morgan fingerprint density at radius 1 is 1.33 bits per heavy atom. The third-order valence-electron chi connectivity index (χ3n) is 5.08. The maximum absolute atomic E-state index is 12.3. The van der Waals surface area contributed by atoms with Crippen molar-refractivity contribution < 1.29 is 9.90 Å². The SMILES string of the molecule is Cc1ccc2[nH]c(C(=O)NCCCN3CCC(O)CC3)cc2c1C. The van der Waals surface area contributed by atoms with Gasteiger partial charge in [-0.15, -0.1) is 0 Å². The molecule has 130 valence electrons. The van der Waals surface area contributed by atoms with Crippen LogP contribution >= 0.6 is 0 Å². The Labute approximate surface area is 143 Å². The largest absolute Gasteiger partial charge is 0.393 e. The predicted molar refractivity (Wildman–Crippen MR) is 96.4 cm³/mol. The molecule has 2 heterocycles. The van der Waals surface area contributed by atoms with Gasteiger partial charge in [0.2, 0.25) is 0 Å². The van der Waals surface area contributed by atoms with E-state index < -0.39 is 0 Å². The fourth-order valence-electron chi connectivity index (χ4n) is 3.32. The number of piperidine rings is 1. The topological polar surface area (TPSA) is 68.4 Å². The van der Waals surface area contributed by atoms with E-state index in [9.17, 15) is 9.90 Å². The van der Waals surface area contributed by atoms with Crippen molar-refractivity contribution in [1.82, 2.24) is 15.2 Å². The molecular formula is C19H27N3O2. The summed E-state index contributed by atoms with van der Waals surface area (Å²) in [5.41, 5.74) is 4.09. The van der Waals surface area contributed by atoms with E-state index in [1.54, 1.807) is 0 Å². The van der Waals surface area contributed by atoms with Gasteiger partial charge < -0.3 is 20.3 Å². The average molecular weight is 329 g/mol. The summed E-state index contributed by atoms with van der Waals surface area (Å²) in [5.74, 6) is -0.0441. The normalized spacial score (nSPS) is 16.6. The summed E-state index contributed by atoms with van der Waals surface area (Å²) in [5, 5.41) is 13.6. The number of aromatic amines is 1. The number of H-pyrrole nitrogens is 1. The Bertz CT molecular complexity index is 715. The van der Waals surface area contributed by atoms with Crippen molar-refractivity contribution in [2.45, 2.75) is 39.2 Å². The van der Waals surface area contributed by atoms with Crippen LogP contribution in [0, 0.1) is 13.8 Å². The Balaban J connectivity index is 1.49. The van der Waals surface area contributed by atoms with Gasteiger partial charge in [0.15, 0.2) is 0 Å². The van der Waals surface area contributed by atoms with Crippen molar-refractivity contribution in [2.75, 3.05) is 26.2 Å². The highest BCUT2D eigenvalue weighted by Gasteiger charge is 2.16. The number of fused-ring (bicyclic) bond motifs is 1. The number of hydrogen-bond donors (Lipinski definition) is 3. The average Bonchev–Trinajstić information content (AvgIpc) is 3.02. The van der Waals surface area contributed by atoms with Gasteiger partial charge in [0, 0.05) is 30.5 Å². The molecule has 24 heavy (non-hydrogen) atoms. The molecule has 1 fully saturated rings. The van der Waals surface area contributed by atoms with E-state index in [2.05, 4.69) is 35.1 Å². The molecule has 1 amide bonds. The first kappa shape index (κ1) is 17.0. The minimum absolute atomic E-state index is 0.0441. The van der Waals surface area contributed by atoms with Gasteiger partial charge in [-0.2, -0.15) is 0 Å². The van der Waals surface area contributed by atoms with Crippen molar-refractivity contribution in [3.63, 3.8) is 0 Å². The molecule has 0 atom stereocenters. The highest BCUT2D eigenvalue weighted by molar-refractivity contribution is 5.99. The standard InChI is InChI=1S/C19H27N3O2/c1-13-4-5-17-16(14(13)2)12-18(21-17)19(24)20-8-3-9-22-10-6-15(23)7-11-22/h4-5,12,15,21,23H,3,6-11H2,1-2H3,(H,20,24). The van der Waals surface area contributed by atoms with Crippen LogP contribution < -0.4 is 5.32 Å². The Morgan fingerprint density at radius 3 is 2.83 bits per heavy atom. The predicted octanol–water partition coefficient (Wildman–Crippen LogP) is 2.36. The van der Waals surface area contributed by atoms with Gasteiger partial charge in [-0.05, 0) is 62.9 Å². The zero-order chi connectivity index (χ0) is 17.1. The number of benzene rings is 1. The van der Waals surface area contributed by atoms with Crippen LogP contribution in [0.15, 0.2) is 18.2 Å². The number of likely N-dealkylation sites (tertiary alicyclic amines) is 1. The fraction of sp³-hybridized carbons (Fsp3) is 0.526. The van der Waals surface area contributed by atoms with Crippen LogP contribution in [0.1, 0.15) is 40.9 Å². The minimum atomic E-state index is -0.130. The molecular weight excluding hydrogens is 302 g/mol. The van der Waals surface area contributed by atoms with Crippen LogP contribution in [0.25, 0.3) is 10.9 Å². The number of amides is 1. The number of aryl methyl sites for hydroxylation is 2. The molecule has 2 aromatic rings. The Kier molecular flexibility index (Phi) is 5.21. The molecule has 3 N–H and O–H groups in total. The summed E-state index contributed by atoms with van der Waals surface area (Å²) in [7, 11) is 0. The summed E-state index contributed by atoms with van der Waals surface area (Å²) >= 11 is 0. The third-order valence-corrected chi connectivity index (χ3v) is 5.08. The number of aliphatic hydroxyl groups excluding tert-OH is 1. The molecule has 0 unspecified atom stereocenters. The summed E-state index contributed by atoms with van der Waals surface area (Å²) in [6.45, 7) is 7.72. The number of nitrogens with one attached hydrogen (secondary N) is 2. The van der Waals surface area contributed by atoms with Crippen LogP contribution in [0.2, 0.25) is 0 Å². The van der Waals surface area contributed by atoms with E-state index in [0.717, 1.165) is 49.8 Å². The smallest absolute Gasteiger partial charge is 0.267 e. The lowest BCUT2D eigenvalue weighted by atomic mass is 10.1. The second-order valence-corrected chi connectivity index (χ2v) is 6.83. The van der Waals surface area contributed by atoms with Crippen molar-refractivity contribution in [3.8, 4) is 0 Å². The van der Waals surface area contributed by atoms with E-state index in [1.807, 2.05) is 12.1 Å². The quantitative estimate of drug-likeness (QED) is 0.738. The molecule has 3 rings (SSSR count). The van der Waals surface area contributed by atoms with Crippen LogP contribution in [-0.4, -0.2) is 53.2 Å². The molecule has 5 nitrogen and oxygen atoms in total. The molecule has 5 heteroatoms. The van der Waals surface area contributed by atoms with Gasteiger partial charge in [-0.25, -0.2) is 0 Å². The van der Waals surface area contributed by atoms with E-state index >= 15 is 0 Å². The van der Waals surface area contributed by atoms with Crippen LogP contribution in [0.3, 0.4) is 0 Å². The highest BCUT2D eigenvalue weighted by Crippen LogP contribution is 2.22. The molecule has 0 aliphatic carbocycles. The van der Waals surface area contributed by atoms with Gasteiger partial charge in [-0.1, -0.05) is 6.07 Å². The van der Waals surface area contributed by atoms with Crippen LogP contribution in [0.4, 0.5) is 0 Å². The molecule has 1 aromatic heterocycles. The molecule has 1 aromatic carbocycles. The summed E-state index contributed by atoms with van der Waals surface area (Å²) < 4.78 is 0. The molecule has 0 spiro atoms. The Hall–Kier alpha value is -1.85. The number of carbonyl (C=O) groups is 1. The first-order valence-corrected chi connectivity index (χ1v) is 8.82. The first-order valence-electron chi connectivity index (χ1n) is 8.82. The number of carbonyl (C=O) groups excluding carboxylic acids is 1. The second-order valence-electron chi connectivity index (χ2n) is 6.83. The highest BCUT2D eigenvalue weighted by atomic mass is 16.3. The lowest BCUT2D eigenvalue weighted by Gasteiger charge is -2.29. The summed E-state index contributed by atoms with van der Waals surface area (Å²) in [6, 6.07) is 6.05. The zero-order valence-electron chi connectivity index (χ0n) is 14.6. The number of aliphatic hydroxyl groups is 1. The number of hydrogen-bond acceptors (Lipinski definition) is 3. The molecule has 0 radical (unpaired) electrons. The number of aromatic nitrogens is 1. The lowest BCUT2D eigenvalue weighted by molar-refractivity contribution is 0.0816. The monoisotopic (exact) mass is 329 g/mol. The lowest BCUT2D eigenvalue weighted by Crippen LogP contribution is -2.37. The molecule has 0 saturated carbocycles. The third kappa shape index (κ3) is 3.79. The van der Waals surface area contributed by atoms with Gasteiger partial charge >= 0.3 is 0 Å². The van der Waals surface area contributed by atoms with Gasteiger partial charge in [0.05, 0.1) is 6.10 Å². The van der Waals surface area contributed by atoms with Crippen molar-refractivity contribution in [2.24, 2.45) is 0 Å². The molecule has 1 saturated heterocycles. The van der Waals surface area contributed by atoms with E-state index in [-0.39, 0.29) is 12.0 Å². The van der Waals surface area contributed by atoms with E-state index in [1.165, 1.54) is 11.1 Å². The van der Waals surface area contributed by atoms with Crippen LogP contribution in [0.5, 0.6) is 0 Å². The summed E-state index contributed by atoms with van der Waals surface area (Å²) in [4.78, 5) is 17.9. The maximum atomic E-state index is 12.3. The maximum Gasteiger partial charge on any atom is 0.267 e. The van der Waals surface area contributed by atoms with Crippen molar-refractivity contribution >= 4 is 16.8 Å². The van der Waals surface area contributed by atoms with E-state index in [4.69, 9.17) is 0 Å². The van der Waals surface area contributed by atoms with Crippen LogP contribution in [-0.2, 0) is 0 Å². The first-order chi connectivity index (χ1) is 11.5. The van der Waals surface area contributed by atoms with Gasteiger partial charge in [0.25, 0.3) is 5.91 Å². The van der Waals surface area contributed by atoms with Crippen molar-refractivity contribution in [1.29, 1.82) is 0 Å². The van der Waals surface area contributed by atoms with Gasteiger partial charge in [0.1, 0.15) is 5.69 Å². The van der Waals surface area contributed by atoms with Crippen molar-refractivity contribution in [3.05, 3.63) is 35.0 Å². The molecule has 1 aliphatic rings. The van der Waals surface area contributed by atoms with Gasteiger partial charge in [-0.3, -0.25) is 4.79 Å².